The van der Waals surface area contributed by atoms with Gasteiger partial charge in [0.15, 0.2) is 5.69 Å². The van der Waals surface area contributed by atoms with Gasteiger partial charge in [0.05, 0.1) is 12.3 Å². The maximum atomic E-state index is 12.0. The summed E-state index contributed by atoms with van der Waals surface area (Å²) in [6, 6.07) is 0. The third-order valence-corrected chi connectivity index (χ3v) is 3.81. The molecular formula is C15H25N3O2. The average Bonchev–Trinajstić information content (AvgIpc) is 3.01. The van der Waals surface area contributed by atoms with Crippen molar-refractivity contribution in [2.45, 2.75) is 59.4 Å². The van der Waals surface area contributed by atoms with Crippen LogP contribution < -0.4 is 0 Å². The fourth-order valence-corrected chi connectivity index (χ4v) is 2.86. The predicted octanol–water partition coefficient (Wildman–Crippen LogP) is 2.84. The lowest BCUT2D eigenvalue weighted by atomic mass is 10.0. The van der Waals surface area contributed by atoms with Gasteiger partial charge in [0.1, 0.15) is 0 Å². The van der Waals surface area contributed by atoms with Gasteiger partial charge in [0.2, 0.25) is 0 Å². The Hall–Kier alpha value is -1.39. The number of ether oxygens (including phenoxy) is 1. The number of esters is 1. The van der Waals surface area contributed by atoms with Crippen molar-refractivity contribution in [3.63, 3.8) is 0 Å². The molecular weight excluding hydrogens is 254 g/mol. The van der Waals surface area contributed by atoms with Crippen LogP contribution in [0.25, 0.3) is 0 Å². The average molecular weight is 279 g/mol. The number of rotatable bonds is 6. The van der Waals surface area contributed by atoms with E-state index in [9.17, 15) is 4.79 Å². The highest BCUT2D eigenvalue weighted by atomic mass is 16.5. The molecule has 1 aliphatic carbocycles. The summed E-state index contributed by atoms with van der Waals surface area (Å²) < 4.78 is 7.01. The minimum Gasteiger partial charge on any atom is -0.461 e. The van der Waals surface area contributed by atoms with Crippen molar-refractivity contribution in [3.8, 4) is 0 Å². The van der Waals surface area contributed by atoms with Crippen LogP contribution in [0.4, 0.5) is 0 Å². The van der Waals surface area contributed by atoms with Gasteiger partial charge in [0.25, 0.3) is 0 Å². The number of carbonyl (C=O) groups excluding carboxylic acids is 1. The summed E-state index contributed by atoms with van der Waals surface area (Å²) in [6.45, 7) is 7.34. The Bertz CT molecular complexity index is 448. The smallest absolute Gasteiger partial charge is 0.360 e. The molecule has 1 aromatic rings. The molecule has 112 valence electrons. The van der Waals surface area contributed by atoms with Crippen LogP contribution in [0.1, 0.15) is 62.6 Å². The van der Waals surface area contributed by atoms with Crippen LogP contribution in [0.15, 0.2) is 0 Å². The van der Waals surface area contributed by atoms with Crippen molar-refractivity contribution >= 4 is 5.97 Å². The van der Waals surface area contributed by atoms with Gasteiger partial charge >= 0.3 is 5.97 Å². The molecule has 0 N–H and O–H groups in total. The molecule has 1 heterocycles. The maximum Gasteiger partial charge on any atom is 0.360 e. The first-order chi connectivity index (χ1) is 9.61. The van der Waals surface area contributed by atoms with Crippen molar-refractivity contribution < 1.29 is 9.53 Å². The van der Waals surface area contributed by atoms with Gasteiger partial charge in [-0.2, -0.15) is 0 Å². The molecule has 1 saturated carbocycles. The van der Waals surface area contributed by atoms with Crippen LogP contribution in [-0.4, -0.2) is 27.6 Å². The molecule has 2 rings (SSSR count). The number of hydrogen-bond donors (Lipinski definition) is 0. The lowest BCUT2D eigenvalue weighted by Gasteiger charge is -2.13. The minimum absolute atomic E-state index is 0.346. The summed E-state index contributed by atoms with van der Waals surface area (Å²) in [6.07, 6.45) is 5.95. The molecule has 0 saturated heterocycles. The summed E-state index contributed by atoms with van der Waals surface area (Å²) in [4.78, 5) is 12.0. The standard InChI is InChI=1S/C15H25N3O2/c1-4-20-15(19)14-13(9-11(2)3)18(17-16-14)10-12-7-5-6-8-12/h11-12H,4-10H2,1-3H3. The van der Waals surface area contributed by atoms with Crippen LogP contribution >= 0.6 is 0 Å². The van der Waals surface area contributed by atoms with E-state index in [1.807, 2.05) is 11.6 Å². The second-order valence-corrected chi connectivity index (χ2v) is 6.04. The lowest BCUT2D eigenvalue weighted by Crippen LogP contribution is -2.16. The molecule has 1 aliphatic rings. The molecule has 5 nitrogen and oxygen atoms in total. The molecule has 0 aromatic carbocycles. The third-order valence-electron chi connectivity index (χ3n) is 3.81. The van der Waals surface area contributed by atoms with E-state index < -0.39 is 0 Å². The zero-order valence-corrected chi connectivity index (χ0v) is 12.8. The van der Waals surface area contributed by atoms with Gasteiger partial charge in [-0.15, -0.1) is 5.10 Å². The van der Waals surface area contributed by atoms with Gasteiger partial charge in [-0.3, -0.25) is 0 Å². The van der Waals surface area contributed by atoms with Gasteiger partial charge < -0.3 is 4.74 Å². The van der Waals surface area contributed by atoms with E-state index in [1.165, 1.54) is 25.7 Å². The van der Waals surface area contributed by atoms with Crippen LogP contribution in [0.5, 0.6) is 0 Å². The van der Waals surface area contributed by atoms with Crippen molar-refractivity contribution in [3.05, 3.63) is 11.4 Å². The number of aromatic nitrogens is 3. The Balaban J connectivity index is 2.19. The zero-order chi connectivity index (χ0) is 14.5. The summed E-state index contributed by atoms with van der Waals surface area (Å²) in [5, 5.41) is 8.27. The van der Waals surface area contributed by atoms with Gasteiger partial charge in [-0.1, -0.05) is 31.9 Å². The molecule has 0 atom stereocenters. The van der Waals surface area contributed by atoms with E-state index in [2.05, 4.69) is 24.2 Å². The molecule has 1 aromatic heterocycles. The maximum absolute atomic E-state index is 12.0. The van der Waals surface area contributed by atoms with Crippen molar-refractivity contribution in [2.24, 2.45) is 11.8 Å². The Labute approximate surface area is 120 Å². The Kier molecular flexibility index (Phi) is 5.15. The first-order valence-corrected chi connectivity index (χ1v) is 7.71. The first-order valence-electron chi connectivity index (χ1n) is 7.71. The molecule has 0 unspecified atom stereocenters. The van der Waals surface area contributed by atoms with E-state index in [0.717, 1.165) is 18.7 Å². The number of hydrogen-bond acceptors (Lipinski definition) is 4. The van der Waals surface area contributed by atoms with Gasteiger partial charge in [-0.25, -0.2) is 9.48 Å². The molecule has 0 bridgehead atoms. The van der Waals surface area contributed by atoms with Crippen LogP contribution in [0, 0.1) is 11.8 Å². The SMILES string of the molecule is CCOC(=O)c1nnn(CC2CCCC2)c1CC(C)C. The van der Waals surface area contributed by atoms with Crippen molar-refractivity contribution in [2.75, 3.05) is 6.61 Å². The molecule has 0 aliphatic heterocycles. The second kappa shape index (κ2) is 6.86. The van der Waals surface area contributed by atoms with E-state index in [-0.39, 0.29) is 5.97 Å². The highest BCUT2D eigenvalue weighted by Crippen LogP contribution is 2.27. The fourth-order valence-electron chi connectivity index (χ4n) is 2.86. The van der Waals surface area contributed by atoms with Gasteiger partial charge in [0, 0.05) is 6.54 Å². The summed E-state index contributed by atoms with van der Waals surface area (Å²) >= 11 is 0. The van der Waals surface area contributed by atoms with Gasteiger partial charge in [-0.05, 0) is 38.0 Å². The van der Waals surface area contributed by atoms with Crippen LogP contribution in [-0.2, 0) is 17.7 Å². The molecule has 0 spiro atoms. The Morgan fingerprint density at radius 3 is 2.70 bits per heavy atom. The zero-order valence-electron chi connectivity index (χ0n) is 12.8. The first kappa shape index (κ1) is 15.0. The molecule has 0 amide bonds. The quantitative estimate of drug-likeness (QED) is 0.751. The van der Waals surface area contributed by atoms with E-state index in [0.29, 0.717) is 24.1 Å². The summed E-state index contributed by atoms with van der Waals surface area (Å²) in [5.41, 5.74) is 1.34. The highest BCUT2D eigenvalue weighted by Gasteiger charge is 2.24. The van der Waals surface area contributed by atoms with Crippen LogP contribution in [0.3, 0.4) is 0 Å². The normalized spacial score (nSPS) is 16.0. The highest BCUT2D eigenvalue weighted by molar-refractivity contribution is 5.88. The molecule has 1 fully saturated rings. The molecule has 0 radical (unpaired) electrons. The van der Waals surface area contributed by atoms with E-state index in [4.69, 9.17) is 4.74 Å². The largest absolute Gasteiger partial charge is 0.461 e. The monoisotopic (exact) mass is 279 g/mol. The summed E-state index contributed by atoms with van der Waals surface area (Å²) in [5.74, 6) is 0.794. The summed E-state index contributed by atoms with van der Waals surface area (Å²) in [7, 11) is 0. The van der Waals surface area contributed by atoms with Crippen molar-refractivity contribution in [1.29, 1.82) is 0 Å². The second-order valence-electron chi connectivity index (χ2n) is 6.04. The van der Waals surface area contributed by atoms with Crippen LogP contribution in [0.2, 0.25) is 0 Å². The van der Waals surface area contributed by atoms with E-state index in [1.54, 1.807) is 0 Å². The number of nitrogens with zero attached hydrogens (tertiary/aromatic N) is 3. The third kappa shape index (κ3) is 3.58. The predicted molar refractivity (Wildman–Crippen MR) is 76.5 cm³/mol. The fraction of sp³-hybridized carbons (Fsp3) is 0.800. The minimum atomic E-state index is -0.346. The molecule has 5 heteroatoms. The van der Waals surface area contributed by atoms with Crippen molar-refractivity contribution in [1.82, 2.24) is 15.0 Å². The molecule has 20 heavy (non-hydrogen) atoms. The lowest BCUT2D eigenvalue weighted by molar-refractivity contribution is 0.0517. The number of carbonyl (C=O) groups is 1. The Morgan fingerprint density at radius 2 is 2.10 bits per heavy atom. The topological polar surface area (TPSA) is 57.0 Å². The van der Waals surface area contributed by atoms with E-state index >= 15 is 0 Å². The Morgan fingerprint density at radius 1 is 1.40 bits per heavy atom.